The zero-order valence-electron chi connectivity index (χ0n) is 8.01. The lowest BCUT2D eigenvalue weighted by molar-refractivity contribution is -0.418. The molecular weight excluding hydrogens is 316 g/mol. The first kappa shape index (κ1) is 17.7. The van der Waals surface area contributed by atoms with Crippen LogP contribution >= 0.6 is 0 Å². The summed E-state index contributed by atoms with van der Waals surface area (Å²) in [7, 11) is 0. The third-order valence-corrected chi connectivity index (χ3v) is 1.81. The Hall–Kier alpha value is -1.30. The average molecular weight is 317 g/mol. The Balaban J connectivity index is 5.99. The summed E-state index contributed by atoms with van der Waals surface area (Å²) in [6.07, 6.45) is -7.30. The Kier molecular flexibility index (Phi) is 3.82. The molecule has 0 aromatic carbocycles. The molecule has 0 atom stereocenters. The molecule has 1 N–H and O–H groups in total. The number of carboxylic acids is 1. The van der Waals surface area contributed by atoms with Gasteiger partial charge in [-0.25, -0.2) is 4.79 Å². The zero-order valence-corrected chi connectivity index (χ0v) is 8.01. The topological polar surface area (TPSA) is 37.3 Å². The highest BCUT2D eigenvalue weighted by atomic mass is 19.4. The van der Waals surface area contributed by atoms with Gasteiger partial charge < -0.3 is 5.11 Å². The molecule has 0 rings (SSSR count). The van der Waals surface area contributed by atoms with Crippen molar-refractivity contribution in [3.05, 3.63) is 0 Å². The van der Waals surface area contributed by atoms with Crippen LogP contribution in [-0.4, -0.2) is 40.9 Å². The van der Waals surface area contributed by atoms with Crippen LogP contribution in [0.4, 0.5) is 48.3 Å². The normalized spacial score (nSPS) is 15.5. The molecule has 19 heavy (non-hydrogen) atoms. The van der Waals surface area contributed by atoms with Gasteiger partial charge in [0, 0.05) is 0 Å². The summed E-state index contributed by atoms with van der Waals surface area (Å²) in [6.45, 7) is 0. The van der Waals surface area contributed by atoms with Crippen molar-refractivity contribution in [2.45, 2.75) is 29.9 Å². The van der Waals surface area contributed by atoms with Crippen LogP contribution in [0.15, 0.2) is 0 Å². The first-order valence-corrected chi connectivity index (χ1v) is 3.76. The Bertz CT molecular complexity index is 368. The predicted molar refractivity (Wildman–Crippen MR) is 33.5 cm³/mol. The molecule has 0 aliphatic heterocycles. The fraction of sp³-hybridized carbons (Fsp3) is 0.833. The summed E-state index contributed by atoms with van der Waals surface area (Å²) in [5.74, 6) is -33.6. The molecular formula is C6HF11O2. The smallest absolute Gasteiger partial charge is 0.460 e. The van der Waals surface area contributed by atoms with Gasteiger partial charge in [0.05, 0.1) is 0 Å². The van der Waals surface area contributed by atoms with E-state index in [1.165, 1.54) is 0 Å². The fourth-order valence-corrected chi connectivity index (χ4v) is 0.707. The van der Waals surface area contributed by atoms with E-state index < -0.39 is 35.8 Å². The lowest BCUT2D eigenvalue weighted by Gasteiger charge is -2.35. The second kappa shape index (κ2) is 4.10. The zero-order chi connectivity index (χ0) is 16.1. The Morgan fingerprint density at radius 3 is 1.16 bits per heavy atom. The average Bonchev–Trinajstić information content (AvgIpc) is 2.14. The molecule has 13 heteroatoms. The quantitative estimate of drug-likeness (QED) is 0.639. The van der Waals surface area contributed by atoms with Crippen LogP contribution < -0.4 is 0 Å². The molecule has 0 heterocycles. The lowest BCUT2D eigenvalue weighted by Crippen LogP contribution is -2.68. The molecule has 0 aliphatic rings. The van der Waals surface area contributed by atoms with Crippen LogP contribution in [0.2, 0.25) is 0 Å². The Morgan fingerprint density at radius 2 is 0.947 bits per heavy atom. The van der Waals surface area contributed by atoms with E-state index in [0.717, 1.165) is 0 Å². The summed E-state index contributed by atoms with van der Waals surface area (Å²) < 4.78 is 133. The minimum atomic E-state index is -7.68. The molecule has 0 bridgehead atoms. The van der Waals surface area contributed by atoms with E-state index in [9.17, 15) is 53.1 Å². The van der Waals surface area contributed by atoms with Gasteiger partial charge in [0.1, 0.15) is 0 Å². The molecule has 0 saturated carbocycles. The summed E-state index contributed by atoms with van der Waals surface area (Å²) in [5, 5.41) is 7.52. The van der Waals surface area contributed by atoms with Crippen molar-refractivity contribution in [3.8, 4) is 0 Å². The van der Waals surface area contributed by atoms with E-state index >= 15 is 0 Å². The van der Waals surface area contributed by atoms with Gasteiger partial charge in [-0.15, -0.1) is 0 Å². The maximum Gasteiger partial charge on any atom is 0.460 e. The maximum absolute atomic E-state index is 12.4. The molecule has 0 amide bonds. The van der Waals surface area contributed by atoms with Gasteiger partial charge in [0.25, 0.3) is 0 Å². The number of rotatable bonds is 4. The van der Waals surface area contributed by atoms with Crippen LogP contribution in [0, 0.1) is 0 Å². The fourth-order valence-electron chi connectivity index (χ4n) is 0.707. The number of hydrogen-bond donors (Lipinski definition) is 1. The molecule has 0 aromatic heterocycles. The summed E-state index contributed by atoms with van der Waals surface area (Å²) >= 11 is 0. The van der Waals surface area contributed by atoms with Crippen LogP contribution in [0.1, 0.15) is 0 Å². The molecule has 0 radical (unpaired) electrons. The SMILES string of the molecule is O=[13C](O)[13C](F)(F)[13C](F)(F)C(F)(F)C(F)(F)C(F)(F)F. The van der Waals surface area contributed by atoms with Crippen molar-refractivity contribution < 1.29 is 58.2 Å². The predicted octanol–water partition coefficient (Wildman–Crippen LogP) is 3.17. The first-order chi connectivity index (χ1) is 7.94. The van der Waals surface area contributed by atoms with E-state index in [1.807, 2.05) is 0 Å². The van der Waals surface area contributed by atoms with Gasteiger partial charge in [0.2, 0.25) is 0 Å². The highest BCUT2D eigenvalue weighted by Gasteiger charge is 2.88. The van der Waals surface area contributed by atoms with E-state index in [1.54, 1.807) is 0 Å². The van der Waals surface area contributed by atoms with Gasteiger partial charge in [-0.3, -0.25) is 0 Å². The monoisotopic (exact) mass is 317 g/mol. The second-order valence-corrected chi connectivity index (χ2v) is 3.10. The van der Waals surface area contributed by atoms with Crippen molar-refractivity contribution in [1.82, 2.24) is 0 Å². The molecule has 0 saturated heterocycles. The van der Waals surface area contributed by atoms with Crippen molar-refractivity contribution in [1.29, 1.82) is 0 Å². The number of aliphatic carboxylic acids is 1. The van der Waals surface area contributed by atoms with Crippen molar-refractivity contribution in [2.24, 2.45) is 0 Å². The number of hydrogen-bond acceptors (Lipinski definition) is 1. The number of carboxylic acid groups (broad SMARTS) is 1. The number of carbonyl (C=O) groups is 1. The number of halogens is 11. The van der Waals surface area contributed by atoms with Gasteiger partial charge in [-0.1, -0.05) is 0 Å². The minimum absolute atomic E-state index is 3.99. The highest BCUT2D eigenvalue weighted by Crippen LogP contribution is 2.57. The van der Waals surface area contributed by atoms with Gasteiger partial charge in [0.15, 0.2) is 0 Å². The maximum atomic E-state index is 12.4. The van der Waals surface area contributed by atoms with Crippen LogP contribution in [-0.2, 0) is 4.79 Å². The third-order valence-electron chi connectivity index (χ3n) is 1.81. The van der Waals surface area contributed by atoms with E-state index in [4.69, 9.17) is 5.11 Å². The molecule has 0 unspecified atom stereocenters. The van der Waals surface area contributed by atoms with Crippen LogP contribution in [0.3, 0.4) is 0 Å². The van der Waals surface area contributed by atoms with E-state index in [0.29, 0.717) is 0 Å². The van der Waals surface area contributed by atoms with Gasteiger partial charge in [-0.2, -0.15) is 48.3 Å². The van der Waals surface area contributed by atoms with Gasteiger partial charge >= 0.3 is 35.8 Å². The van der Waals surface area contributed by atoms with E-state index in [-0.39, 0.29) is 0 Å². The van der Waals surface area contributed by atoms with Crippen LogP contribution in [0.5, 0.6) is 0 Å². The second-order valence-electron chi connectivity index (χ2n) is 3.10. The van der Waals surface area contributed by atoms with Crippen LogP contribution in [0.25, 0.3) is 0 Å². The molecule has 0 spiro atoms. The minimum Gasteiger partial charge on any atom is -0.477 e. The Morgan fingerprint density at radius 1 is 0.632 bits per heavy atom. The summed E-state index contributed by atoms with van der Waals surface area (Å²) in [4.78, 5) is 9.60. The molecule has 0 aromatic rings. The molecule has 2 nitrogen and oxygen atoms in total. The third kappa shape index (κ3) is 2.18. The van der Waals surface area contributed by atoms with Crippen molar-refractivity contribution in [2.75, 3.05) is 0 Å². The highest BCUT2D eigenvalue weighted by molar-refractivity contribution is 5.77. The van der Waals surface area contributed by atoms with Gasteiger partial charge in [-0.05, 0) is 0 Å². The number of alkyl halides is 11. The largest absolute Gasteiger partial charge is 0.477 e. The van der Waals surface area contributed by atoms with Crippen molar-refractivity contribution in [3.63, 3.8) is 0 Å². The molecule has 0 aliphatic carbocycles. The lowest BCUT2D eigenvalue weighted by atomic mass is 10.2. The standard InChI is InChI=1S/C6HF11O2/c7-2(8,1(18)19)3(9,10)4(11,12)5(13,14)6(15,16)17/h(H,18,19)/i1+1,2+1,3+1. The molecule has 0 fully saturated rings. The van der Waals surface area contributed by atoms with Crippen molar-refractivity contribution >= 4 is 5.97 Å². The Labute approximate surface area is 95.3 Å². The summed E-state index contributed by atoms with van der Waals surface area (Å²) in [5.41, 5.74) is 0. The summed E-state index contributed by atoms with van der Waals surface area (Å²) in [6, 6.07) is 0. The van der Waals surface area contributed by atoms with E-state index in [2.05, 4.69) is 0 Å². The molecule has 114 valence electrons. The first-order valence-electron chi connectivity index (χ1n) is 3.76.